The van der Waals surface area contributed by atoms with Crippen molar-refractivity contribution in [3.63, 3.8) is 0 Å². The Morgan fingerprint density at radius 2 is 2.12 bits per heavy atom. The third-order valence-corrected chi connectivity index (χ3v) is 6.84. The van der Waals surface area contributed by atoms with E-state index in [0.29, 0.717) is 12.2 Å². The molecule has 0 aliphatic carbocycles. The number of aromatic nitrogens is 2. The van der Waals surface area contributed by atoms with Gasteiger partial charge in [0.1, 0.15) is 12.3 Å². The zero-order valence-corrected chi connectivity index (χ0v) is 20.2. The Morgan fingerprint density at radius 1 is 1.35 bits per heavy atom. The highest BCUT2D eigenvalue weighted by atomic mass is 32.1. The van der Waals surface area contributed by atoms with E-state index >= 15 is 0 Å². The molecular formula is C25H28F3N3O2S. The average Bonchev–Trinajstić information content (AvgIpc) is 3.19. The fraction of sp³-hybridized carbons (Fsp3) is 0.400. The van der Waals surface area contributed by atoms with Crippen molar-refractivity contribution < 1.29 is 22.7 Å². The lowest BCUT2D eigenvalue weighted by molar-refractivity contribution is -0.137. The van der Waals surface area contributed by atoms with Crippen LogP contribution in [0.5, 0.6) is 5.88 Å². The molecule has 0 radical (unpaired) electrons. The molecule has 1 amide bonds. The van der Waals surface area contributed by atoms with Crippen LogP contribution in [-0.2, 0) is 6.18 Å². The van der Waals surface area contributed by atoms with Crippen LogP contribution in [0.15, 0.2) is 49.2 Å². The summed E-state index contributed by atoms with van der Waals surface area (Å²) < 4.78 is 44.1. The van der Waals surface area contributed by atoms with Crippen LogP contribution in [0.25, 0.3) is 5.57 Å². The lowest BCUT2D eigenvalue weighted by Crippen LogP contribution is -2.51. The molecular weight excluding hydrogens is 463 g/mol. The molecule has 5 nitrogen and oxygen atoms in total. The SMILES string of the molecule is C=C/C=C\C=C(/C)c1sc(C)nc1C(=O)N1CCC[C@@H](C)[C@H]1COc1ccc(C(F)(F)F)cn1. The van der Waals surface area contributed by atoms with E-state index < -0.39 is 11.7 Å². The van der Waals surface area contributed by atoms with E-state index in [4.69, 9.17) is 4.74 Å². The summed E-state index contributed by atoms with van der Waals surface area (Å²) in [6.45, 7) is 10.2. The van der Waals surface area contributed by atoms with Crippen LogP contribution in [0, 0.1) is 12.8 Å². The first kappa shape index (κ1) is 25.7. The second-order valence-corrected chi connectivity index (χ2v) is 9.46. The molecule has 0 N–H and O–H groups in total. The molecule has 0 spiro atoms. The van der Waals surface area contributed by atoms with Crippen LogP contribution < -0.4 is 4.74 Å². The van der Waals surface area contributed by atoms with Gasteiger partial charge < -0.3 is 9.64 Å². The molecule has 0 bridgehead atoms. The van der Waals surface area contributed by atoms with Gasteiger partial charge in [-0.3, -0.25) is 4.79 Å². The lowest BCUT2D eigenvalue weighted by Gasteiger charge is -2.39. The van der Waals surface area contributed by atoms with E-state index in [9.17, 15) is 18.0 Å². The summed E-state index contributed by atoms with van der Waals surface area (Å²) in [6, 6.07) is 1.90. The van der Waals surface area contributed by atoms with Crippen LogP contribution in [0.3, 0.4) is 0 Å². The predicted molar refractivity (Wildman–Crippen MR) is 128 cm³/mol. The van der Waals surface area contributed by atoms with E-state index in [0.717, 1.165) is 40.6 Å². The summed E-state index contributed by atoms with van der Waals surface area (Å²) in [7, 11) is 0. The van der Waals surface area contributed by atoms with Gasteiger partial charge in [-0.1, -0.05) is 37.8 Å². The van der Waals surface area contributed by atoms with Gasteiger partial charge in [-0.05, 0) is 44.2 Å². The minimum atomic E-state index is -4.45. The number of carbonyl (C=O) groups is 1. The van der Waals surface area contributed by atoms with Crippen molar-refractivity contribution in [2.45, 2.75) is 45.8 Å². The smallest absolute Gasteiger partial charge is 0.417 e. The molecule has 2 aromatic heterocycles. The van der Waals surface area contributed by atoms with Gasteiger partial charge in [0.05, 0.1) is 21.5 Å². The minimum Gasteiger partial charge on any atom is -0.475 e. The van der Waals surface area contributed by atoms with Gasteiger partial charge in [0.2, 0.25) is 5.88 Å². The summed E-state index contributed by atoms with van der Waals surface area (Å²) in [6.07, 6.45) is 5.35. The topological polar surface area (TPSA) is 55.3 Å². The number of ether oxygens (including phenoxy) is 1. The Kier molecular flexibility index (Phi) is 8.30. The number of piperidine rings is 1. The Balaban J connectivity index is 1.80. The van der Waals surface area contributed by atoms with E-state index in [1.165, 1.54) is 17.4 Å². The molecule has 182 valence electrons. The van der Waals surface area contributed by atoms with Crippen LogP contribution in [0.1, 0.15) is 52.6 Å². The summed E-state index contributed by atoms with van der Waals surface area (Å²) in [5.74, 6) is 0.0824. The first-order valence-corrected chi connectivity index (χ1v) is 11.8. The first-order chi connectivity index (χ1) is 16.1. The molecule has 1 fully saturated rings. The molecule has 0 unspecified atom stereocenters. The van der Waals surface area contributed by atoms with E-state index in [1.807, 2.05) is 39.0 Å². The maximum atomic E-state index is 13.6. The van der Waals surface area contributed by atoms with E-state index in [2.05, 4.69) is 16.5 Å². The highest BCUT2D eigenvalue weighted by Crippen LogP contribution is 2.32. The number of pyridine rings is 1. The zero-order valence-electron chi connectivity index (χ0n) is 19.4. The van der Waals surface area contributed by atoms with Gasteiger partial charge >= 0.3 is 6.18 Å². The minimum absolute atomic E-state index is 0.0937. The normalized spacial score (nSPS) is 19.5. The first-order valence-electron chi connectivity index (χ1n) is 11.0. The van der Waals surface area contributed by atoms with E-state index in [1.54, 1.807) is 11.0 Å². The Labute approximate surface area is 201 Å². The Morgan fingerprint density at radius 3 is 2.76 bits per heavy atom. The number of allylic oxidation sites excluding steroid dienone is 5. The number of nitrogens with zero attached hydrogens (tertiary/aromatic N) is 3. The number of amides is 1. The van der Waals surface area contributed by atoms with Crippen molar-refractivity contribution in [1.29, 1.82) is 0 Å². The van der Waals surface area contributed by atoms with Gasteiger partial charge in [-0.25, -0.2) is 9.97 Å². The maximum Gasteiger partial charge on any atom is 0.417 e. The van der Waals surface area contributed by atoms with Crippen molar-refractivity contribution in [3.8, 4) is 5.88 Å². The number of likely N-dealkylation sites (tertiary alicyclic amines) is 1. The number of hydrogen-bond donors (Lipinski definition) is 0. The quantitative estimate of drug-likeness (QED) is 0.425. The largest absolute Gasteiger partial charge is 0.475 e. The molecule has 1 aliphatic heterocycles. The summed E-state index contributed by atoms with van der Waals surface area (Å²) in [5.41, 5.74) is 0.509. The molecule has 1 saturated heterocycles. The Hall–Kier alpha value is -2.94. The second kappa shape index (κ2) is 11.0. The molecule has 2 aromatic rings. The molecule has 1 aliphatic rings. The number of carbonyl (C=O) groups excluding carboxylic acids is 1. The van der Waals surface area contributed by atoms with Crippen molar-refractivity contribution in [3.05, 3.63) is 70.4 Å². The predicted octanol–water partition coefficient (Wildman–Crippen LogP) is 6.33. The van der Waals surface area contributed by atoms with Crippen LogP contribution in [0.4, 0.5) is 13.2 Å². The van der Waals surface area contributed by atoms with Gasteiger partial charge in [-0.2, -0.15) is 13.2 Å². The average molecular weight is 492 g/mol. The molecule has 0 saturated carbocycles. The van der Waals surface area contributed by atoms with Gasteiger partial charge in [0.25, 0.3) is 5.91 Å². The maximum absolute atomic E-state index is 13.6. The van der Waals surface area contributed by atoms with Gasteiger partial charge in [0.15, 0.2) is 0 Å². The summed E-state index contributed by atoms with van der Waals surface area (Å²) in [5, 5.41) is 0.797. The van der Waals surface area contributed by atoms with Crippen LogP contribution >= 0.6 is 11.3 Å². The highest BCUT2D eigenvalue weighted by molar-refractivity contribution is 7.13. The summed E-state index contributed by atoms with van der Waals surface area (Å²) >= 11 is 1.47. The van der Waals surface area contributed by atoms with Crippen molar-refractivity contribution >= 4 is 22.8 Å². The van der Waals surface area contributed by atoms with Crippen molar-refractivity contribution in [2.24, 2.45) is 5.92 Å². The fourth-order valence-corrected chi connectivity index (χ4v) is 4.78. The molecule has 3 heterocycles. The fourth-order valence-electron chi connectivity index (χ4n) is 3.89. The molecule has 2 atom stereocenters. The second-order valence-electron chi connectivity index (χ2n) is 8.26. The zero-order chi connectivity index (χ0) is 24.9. The number of alkyl halides is 3. The lowest BCUT2D eigenvalue weighted by atomic mass is 9.91. The third kappa shape index (κ3) is 6.14. The summed E-state index contributed by atoms with van der Waals surface area (Å²) in [4.78, 5) is 24.5. The molecule has 9 heteroatoms. The number of halogens is 3. The number of thiazole rings is 1. The standard InChI is InChI=1S/C25H28F3N3O2S/c1-5-6-7-9-17(3)23-22(30-18(4)34-23)24(32)31-13-8-10-16(2)20(31)15-33-21-12-11-19(14-29-21)25(26,27)28/h5-7,9,11-12,14,16,20H,1,8,10,13,15H2,2-4H3/b7-6-,17-9+/t16-,20-/m1/s1. The van der Waals surface area contributed by atoms with Crippen molar-refractivity contribution in [2.75, 3.05) is 13.2 Å². The van der Waals surface area contributed by atoms with Crippen LogP contribution in [-0.4, -0.2) is 40.0 Å². The molecule has 34 heavy (non-hydrogen) atoms. The van der Waals surface area contributed by atoms with Gasteiger partial charge in [0, 0.05) is 18.8 Å². The molecule has 3 rings (SSSR count). The highest BCUT2D eigenvalue weighted by Gasteiger charge is 2.35. The monoisotopic (exact) mass is 491 g/mol. The van der Waals surface area contributed by atoms with Gasteiger partial charge in [-0.15, -0.1) is 11.3 Å². The third-order valence-electron chi connectivity index (χ3n) is 5.73. The van der Waals surface area contributed by atoms with E-state index in [-0.39, 0.29) is 30.4 Å². The Bertz CT molecular complexity index is 1070. The van der Waals surface area contributed by atoms with Crippen LogP contribution in [0.2, 0.25) is 0 Å². The number of rotatable bonds is 7. The molecule has 0 aromatic carbocycles. The number of aryl methyl sites for hydroxylation is 1. The number of hydrogen-bond acceptors (Lipinski definition) is 5. The van der Waals surface area contributed by atoms with Crippen molar-refractivity contribution in [1.82, 2.24) is 14.9 Å².